The van der Waals surface area contributed by atoms with Crippen molar-refractivity contribution in [3.05, 3.63) is 18.2 Å². The first-order chi connectivity index (χ1) is 16.3. The van der Waals surface area contributed by atoms with E-state index < -0.39 is 78.7 Å². The van der Waals surface area contributed by atoms with Crippen LogP contribution < -0.4 is 21.7 Å². The summed E-state index contributed by atoms with van der Waals surface area (Å²) in [7, 11) is 0. The van der Waals surface area contributed by atoms with Crippen molar-refractivity contribution in [2.24, 2.45) is 5.73 Å². The highest BCUT2D eigenvalue weighted by Crippen LogP contribution is 2.04. The summed E-state index contributed by atoms with van der Waals surface area (Å²) in [6, 6.07) is -6.25. The van der Waals surface area contributed by atoms with E-state index in [1.807, 2.05) is 0 Å². The molecule has 5 unspecified atom stereocenters. The molecule has 0 bridgehead atoms. The third-order valence-corrected chi connectivity index (χ3v) is 4.67. The molecule has 1 heterocycles. The van der Waals surface area contributed by atoms with Gasteiger partial charge in [0.2, 0.25) is 17.7 Å². The maximum absolute atomic E-state index is 12.7. The van der Waals surface area contributed by atoms with Crippen molar-refractivity contribution in [2.45, 2.75) is 62.9 Å². The lowest BCUT2D eigenvalue weighted by Gasteiger charge is -2.26. The monoisotopic (exact) mass is 500 g/mol. The molecule has 0 aliphatic rings. The number of amides is 3. The van der Waals surface area contributed by atoms with E-state index in [2.05, 4.69) is 25.9 Å². The van der Waals surface area contributed by atoms with E-state index in [0.717, 1.165) is 6.92 Å². The Morgan fingerprint density at radius 1 is 0.971 bits per heavy atom. The van der Waals surface area contributed by atoms with Crippen LogP contribution >= 0.6 is 0 Å². The van der Waals surface area contributed by atoms with E-state index in [1.165, 1.54) is 12.5 Å². The van der Waals surface area contributed by atoms with Crippen LogP contribution in [0.2, 0.25) is 0 Å². The minimum Gasteiger partial charge on any atom is -0.481 e. The van der Waals surface area contributed by atoms with Gasteiger partial charge < -0.3 is 47.1 Å². The Morgan fingerprint density at radius 2 is 1.60 bits per heavy atom. The Labute approximate surface area is 198 Å². The fourth-order valence-corrected chi connectivity index (χ4v) is 2.81. The SMILES string of the molecule is CC(O)C(NC(=O)C(CC(=O)O)NC(=O)C(N)CCC(=O)O)C(=O)NC(Cc1cnc[nH]1)C(=O)O. The van der Waals surface area contributed by atoms with Crippen molar-refractivity contribution in [1.29, 1.82) is 0 Å². The van der Waals surface area contributed by atoms with Crippen LogP contribution in [0.3, 0.4) is 0 Å². The molecule has 0 aromatic carbocycles. The second-order valence-electron chi connectivity index (χ2n) is 7.61. The summed E-state index contributed by atoms with van der Waals surface area (Å²) in [5, 5.41) is 43.4. The molecule has 1 aromatic rings. The number of aliphatic carboxylic acids is 3. The number of rotatable bonds is 15. The number of aliphatic hydroxyl groups is 1. The highest BCUT2D eigenvalue weighted by Gasteiger charge is 2.33. The Bertz CT molecular complexity index is 919. The lowest BCUT2D eigenvalue weighted by Crippen LogP contribution is -2.60. The lowest BCUT2D eigenvalue weighted by atomic mass is 10.1. The second kappa shape index (κ2) is 13.6. The Balaban J connectivity index is 2.92. The molecule has 194 valence electrons. The number of nitrogens with zero attached hydrogens (tertiary/aromatic N) is 1. The standard InChI is InChI=1S/C19H28N6O10/c1-8(26)15(18(33)24-12(19(34)35)4-9-6-21-7-22-9)25-17(32)11(5-14(29)30)23-16(31)10(20)2-3-13(27)28/h6-8,10-12,15,26H,2-5,20H2,1H3,(H,21,22)(H,23,31)(H,24,33)(H,25,32)(H,27,28)(H,29,30)(H,34,35). The van der Waals surface area contributed by atoms with Gasteiger partial charge in [0.05, 0.1) is 24.9 Å². The number of aromatic amines is 1. The van der Waals surface area contributed by atoms with E-state index in [-0.39, 0.29) is 12.8 Å². The smallest absolute Gasteiger partial charge is 0.326 e. The fraction of sp³-hybridized carbons (Fsp3) is 0.526. The average molecular weight is 500 g/mol. The summed E-state index contributed by atoms with van der Waals surface area (Å²) in [6.45, 7) is 1.13. The van der Waals surface area contributed by atoms with Crippen molar-refractivity contribution in [2.75, 3.05) is 0 Å². The first-order valence-electron chi connectivity index (χ1n) is 10.3. The fourth-order valence-electron chi connectivity index (χ4n) is 2.81. The number of carbonyl (C=O) groups is 6. The minimum atomic E-state index is -1.73. The molecule has 0 radical (unpaired) electrons. The van der Waals surface area contributed by atoms with Crippen LogP contribution in [0.4, 0.5) is 0 Å². The van der Waals surface area contributed by atoms with Gasteiger partial charge in [-0.05, 0) is 13.3 Å². The molecule has 0 saturated heterocycles. The number of nitrogens with one attached hydrogen (secondary N) is 4. The third kappa shape index (κ3) is 10.2. The number of aliphatic hydroxyl groups excluding tert-OH is 1. The summed E-state index contributed by atoms with van der Waals surface area (Å²) in [5.74, 6) is -7.38. The third-order valence-electron chi connectivity index (χ3n) is 4.67. The number of carbonyl (C=O) groups excluding carboxylic acids is 3. The van der Waals surface area contributed by atoms with Crippen LogP contribution in [0.5, 0.6) is 0 Å². The van der Waals surface area contributed by atoms with E-state index in [1.54, 1.807) is 0 Å². The van der Waals surface area contributed by atoms with Crippen LogP contribution in [0.15, 0.2) is 12.5 Å². The molecule has 16 nitrogen and oxygen atoms in total. The topological polar surface area (TPSA) is 274 Å². The largest absolute Gasteiger partial charge is 0.481 e. The summed E-state index contributed by atoms with van der Waals surface area (Å²) in [4.78, 5) is 77.2. The van der Waals surface area contributed by atoms with Crippen molar-refractivity contribution in [3.63, 3.8) is 0 Å². The number of nitrogens with two attached hydrogens (primary N) is 1. The number of aromatic nitrogens is 2. The Hall–Kier alpha value is -4.05. The number of carboxylic acids is 3. The molecule has 3 amide bonds. The molecule has 5 atom stereocenters. The van der Waals surface area contributed by atoms with Gasteiger partial charge in [-0.25, -0.2) is 9.78 Å². The summed E-state index contributed by atoms with van der Waals surface area (Å²) in [5.41, 5.74) is 5.95. The van der Waals surface area contributed by atoms with E-state index in [0.29, 0.717) is 5.69 Å². The average Bonchev–Trinajstić information content (AvgIpc) is 3.26. The molecule has 35 heavy (non-hydrogen) atoms. The molecule has 10 N–H and O–H groups in total. The van der Waals surface area contributed by atoms with Crippen molar-refractivity contribution in [1.82, 2.24) is 25.9 Å². The summed E-state index contributed by atoms with van der Waals surface area (Å²) >= 11 is 0. The predicted octanol–water partition coefficient (Wildman–Crippen LogP) is -3.46. The first-order valence-corrected chi connectivity index (χ1v) is 10.3. The number of imidazole rings is 1. The van der Waals surface area contributed by atoms with E-state index >= 15 is 0 Å². The van der Waals surface area contributed by atoms with Gasteiger partial charge in [-0.3, -0.25) is 24.0 Å². The molecule has 16 heteroatoms. The quantitative estimate of drug-likeness (QED) is 0.114. The zero-order valence-electron chi connectivity index (χ0n) is 18.6. The maximum atomic E-state index is 12.7. The number of hydrogen-bond donors (Lipinski definition) is 9. The highest BCUT2D eigenvalue weighted by atomic mass is 16.4. The second-order valence-corrected chi connectivity index (χ2v) is 7.61. The molecule has 0 spiro atoms. The van der Waals surface area contributed by atoms with Gasteiger partial charge in [0, 0.05) is 24.7 Å². The molecule has 0 saturated carbocycles. The van der Waals surface area contributed by atoms with Crippen LogP contribution in [0, 0.1) is 0 Å². The Kier molecular flexibility index (Phi) is 11.3. The van der Waals surface area contributed by atoms with Gasteiger partial charge >= 0.3 is 17.9 Å². The van der Waals surface area contributed by atoms with Gasteiger partial charge in [-0.1, -0.05) is 0 Å². The molecule has 1 rings (SSSR count). The summed E-state index contributed by atoms with van der Waals surface area (Å²) in [6.07, 6.45) is -0.732. The zero-order chi connectivity index (χ0) is 26.7. The van der Waals surface area contributed by atoms with E-state index in [9.17, 15) is 39.0 Å². The molecule has 0 aliphatic heterocycles. The number of H-pyrrole nitrogens is 1. The van der Waals surface area contributed by atoms with Gasteiger partial charge in [0.25, 0.3) is 0 Å². The first kappa shape index (κ1) is 29.0. The van der Waals surface area contributed by atoms with Gasteiger partial charge in [-0.15, -0.1) is 0 Å². The van der Waals surface area contributed by atoms with Crippen LogP contribution in [-0.2, 0) is 35.2 Å². The highest BCUT2D eigenvalue weighted by molar-refractivity contribution is 5.96. The van der Waals surface area contributed by atoms with E-state index in [4.69, 9.17) is 15.9 Å². The maximum Gasteiger partial charge on any atom is 0.326 e. The van der Waals surface area contributed by atoms with Crippen LogP contribution in [0.25, 0.3) is 0 Å². The number of carboxylic acid groups (broad SMARTS) is 3. The minimum absolute atomic E-state index is 0.187. The molecule has 0 fully saturated rings. The predicted molar refractivity (Wildman–Crippen MR) is 114 cm³/mol. The zero-order valence-corrected chi connectivity index (χ0v) is 18.6. The molecule has 0 aliphatic carbocycles. The van der Waals surface area contributed by atoms with Gasteiger partial charge in [0.1, 0.15) is 18.1 Å². The van der Waals surface area contributed by atoms with Crippen molar-refractivity contribution >= 4 is 35.6 Å². The molecule has 1 aromatic heterocycles. The normalized spacial score (nSPS) is 15.1. The Morgan fingerprint density at radius 3 is 2.09 bits per heavy atom. The van der Waals surface area contributed by atoms with Crippen LogP contribution in [-0.4, -0.2) is 96.3 Å². The molecular formula is C19H28N6O10. The van der Waals surface area contributed by atoms with Gasteiger partial charge in [-0.2, -0.15) is 0 Å². The number of hydrogen-bond acceptors (Lipinski definition) is 9. The van der Waals surface area contributed by atoms with Crippen molar-refractivity contribution < 1.29 is 49.2 Å². The summed E-state index contributed by atoms with van der Waals surface area (Å²) < 4.78 is 0. The lowest BCUT2D eigenvalue weighted by molar-refractivity contribution is -0.144. The van der Waals surface area contributed by atoms with Gasteiger partial charge in [0.15, 0.2) is 0 Å². The van der Waals surface area contributed by atoms with Crippen LogP contribution in [0.1, 0.15) is 31.9 Å². The van der Waals surface area contributed by atoms with Crippen molar-refractivity contribution in [3.8, 4) is 0 Å². The molecular weight excluding hydrogens is 472 g/mol.